The number of pyridine rings is 1. The predicted octanol–water partition coefficient (Wildman–Crippen LogP) is 1.53. The average molecular weight is 248 g/mol. The summed E-state index contributed by atoms with van der Waals surface area (Å²) in [6.45, 7) is 3.09. The Bertz CT molecular complexity index is 443. The highest BCUT2D eigenvalue weighted by Gasteiger charge is 2.31. The van der Waals surface area contributed by atoms with Crippen LogP contribution in [0.15, 0.2) is 12.3 Å². The van der Waals surface area contributed by atoms with E-state index in [2.05, 4.69) is 16.8 Å². The number of hydrogen-bond donors (Lipinski definition) is 2. The van der Waals surface area contributed by atoms with E-state index in [1.807, 2.05) is 0 Å². The quantitative estimate of drug-likeness (QED) is 0.799. The van der Waals surface area contributed by atoms with E-state index in [9.17, 15) is 4.79 Å². The maximum absolute atomic E-state index is 11.5. The molecule has 0 aromatic carbocycles. The lowest BCUT2D eigenvalue weighted by atomic mass is 10.1. The van der Waals surface area contributed by atoms with Gasteiger partial charge in [0.05, 0.1) is 17.4 Å². The maximum Gasteiger partial charge on any atom is 0.251 e. The molecule has 1 saturated carbocycles. The van der Waals surface area contributed by atoms with Crippen LogP contribution in [0.4, 0.5) is 11.5 Å². The van der Waals surface area contributed by atoms with Gasteiger partial charge in [0.1, 0.15) is 5.82 Å². The highest BCUT2D eigenvalue weighted by Crippen LogP contribution is 2.33. The van der Waals surface area contributed by atoms with Gasteiger partial charge in [-0.25, -0.2) is 4.98 Å². The molecule has 0 atom stereocenters. The largest absolute Gasteiger partial charge is 0.384 e. The van der Waals surface area contributed by atoms with Crippen LogP contribution in [0, 0.1) is 0 Å². The van der Waals surface area contributed by atoms with E-state index in [0.29, 0.717) is 17.4 Å². The molecule has 18 heavy (non-hydrogen) atoms. The molecule has 4 N–H and O–H groups in total. The van der Waals surface area contributed by atoms with Crippen molar-refractivity contribution in [2.75, 3.05) is 17.2 Å². The van der Waals surface area contributed by atoms with Crippen molar-refractivity contribution in [3.05, 3.63) is 17.8 Å². The van der Waals surface area contributed by atoms with Crippen LogP contribution in [0.1, 0.15) is 43.0 Å². The van der Waals surface area contributed by atoms with Crippen LogP contribution in [0.3, 0.4) is 0 Å². The number of rotatable bonds is 6. The Morgan fingerprint density at radius 1 is 1.56 bits per heavy atom. The summed E-state index contributed by atoms with van der Waals surface area (Å²) in [4.78, 5) is 17.8. The summed E-state index contributed by atoms with van der Waals surface area (Å²) in [5, 5.41) is 0. The van der Waals surface area contributed by atoms with Crippen molar-refractivity contribution in [2.24, 2.45) is 5.73 Å². The molecule has 1 aliphatic carbocycles. The molecule has 0 unspecified atom stereocenters. The molecule has 5 heteroatoms. The Hall–Kier alpha value is -1.78. The zero-order chi connectivity index (χ0) is 13.1. The van der Waals surface area contributed by atoms with Gasteiger partial charge < -0.3 is 16.4 Å². The minimum Gasteiger partial charge on any atom is -0.384 e. The van der Waals surface area contributed by atoms with Gasteiger partial charge in [-0.3, -0.25) is 4.79 Å². The van der Waals surface area contributed by atoms with E-state index in [1.54, 1.807) is 12.3 Å². The summed E-state index contributed by atoms with van der Waals surface area (Å²) in [5.74, 6) is -0.111. The van der Waals surface area contributed by atoms with Crippen molar-refractivity contribution in [1.82, 2.24) is 4.98 Å². The van der Waals surface area contributed by atoms with Gasteiger partial charge in [-0.1, -0.05) is 13.3 Å². The highest BCUT2D eigenvalue weighted by atomic mass is 16.1. The topological polar surface area (TPSA) is 85.2 Å². The summed E-state index contributed by atoms with van der Waals surface area (Å²) < 4.78 is 0. The van der Waals surface area contributed by atoms with E-state index >= 15 is 0 Å². The molecule has 1 aliphatic rings. The molecule has 0 saturated heterocycles. The lowest BCUT2D eigenvalue weighted by Crippen LogP contribution is -2.30. The average Bonchev–Trinajstić information content (AvgIpc) is 3.15. The lowest BCUT2D eigenvalue weighted by Gasteiger charge is -2.26. The first-order valence-electron chi connectivity index (χ1n) is 6.45. The molecular formula is C13H20N4O. The van der Waals surface area contributed by atoms with Crippen LogP contribution in [-0.2, 0) is 0 Å². The second-order valence-corrected chi connectivity index (χ2v) is 4.77. The second kappa shape index (κ2) is 5.25. The first kappa shape index (κ1) is 12.7. The third-order valence-corrected chi connectivity index (χ3v) is 3.22. The van der Waals surface area contributed by atoms with Gasteiger partial charge in [-0.15, -0.1) is 0 Å². The number of hydrogen-bond acceptors (Lipinski definition) is 4. The highest BCUT2D eigenvalue weighted by molar-refractivity contribution is 5.99. The third kappa shape index (κ3) is 2.72. The number of primary amides is 1. The SMILES string of the molecule is CCCCN(c1cnc(N)cc1C(N)=O)C1CC1. The van der Waals surface area contributed by atoms with E-state index in [1.165, 1.54) is 12.8 Å². The first-order valence-corrected chi connectivity index (χ1v) is 6.45. The molecule has 5 nitrogen and oxygen atoms in total. The van der Waals surface area contributed by atoms with Gasteiger partial charge >= 0.3 is 0 Å². The maximum atomic E-state index is 11.5. The van der Waals surface area contributed by atoms with Crippen molar-refractivity contribution in [3.8, 4) is 0 Å². The number of aromatic nitrogens is 1. The van der Waals surface area contributed by atoms with E-state index in [0.717, 1.165) is 25.1 Å². The zero-order valence-electron chi connectivity index (χ0n) is 10.7. The molecule has 0 radical (unpaired) electrons. The lowest BCUT2D eigenvalue weighted by molar-refractivity contribution is 0.100. The fraction of sp³-hybridized carbons (Fsp3) is 0.538. The van der Waals surface area contributed by atoms with Gasteiger partial charge in [0, 0.05) is 12.6 Å². The molecule has 0 aliphatic heterocycles. The standard InChI is InChI=1S/C13H20N4O/c1-2-3-6-17(9-4-5-9)11-8-16-12(14)7-10(11)13(15)18/h7-9H,2-6H2,1H3,(H2,14,16)(H2,15,18). The van der Waals surface area contributed by atoms with Crippen LogP contribution < -0.4 is 16.4 Å². The van der Waals surface area contributed by atoms with Gasteiger partial charge in [-0.05, 0) is 25.3 Å². The summed E-state index contributed by atoms with van der Waals surface area (Å²) in [6.07, 6.45) is 6.23. The fourth-order valence-corrected chi connectivity index (χ4v) is 2.10. The number of nitrogen functional groups attached to an aromatic ring is 1. The Balaban J connectivity index is 2.30. The van der Waals surface area contributed by atoms with E-state index in [4.69, 9.17) is 11.5 Å². The minimum atomic E-state index is -0.443. The number of unbranched alkanes of at least 4 members (excludes halogenated alkanes) is 1. The minimum absolute atomic E-state index is 0.332. The zero-order valence-corrected chi connectivity index (χ0v) is 10.7. The first-order chi connectivity index (χ1) is 8.63. The number of carbonyl (C=O) groups is 1. The number of nitrogens with two attached hydrogens (primary N) is 2. The molecule has 1 aromatic rings. The number of carbonyl (C=O) groups excluding carboxylic acids is 1. The molecule has 1 amide bonds. The predicted molar refractivity (Wildman–Crippen MR) is 72.4 cm³/mol. The van der Waals surface area contributed by atoms with E-state index < -0.39 is 5.91 Å². The summed E-state index contributed by atoms with van der Waals surface area (Å²) >= 11 is 0. The van der Waals surface area contributed by atoms with Crippen LogP contribution >= 0.6 is 0 Å². The van der Waals surface area contributed by atoms with Crippen molar-refractivity contribution in [1.29, 1.82) is 0 Å². The molecule has 0 spiro atoms. The summed E-state index contributed by atoms with van der Waals surface area (Å²) in [5.41, 5.74) is 12.3. The molecule has 1 heterocycles. The molecule has 2 rings (SSSR count). The van der Waals surface area contributed by atoms with Gasteiger partial charge in [0.25, 0.3) is 5.91 Å². The van der Waals surface area contributed by atoms with Crippen molar-refractivity contribution in [2.45, 2.75) is 38.6 Å². The van der Waals surface area contributed by atoms with Crippen molar-refractivity contribution < 1.29 is 4.79 Å². The van der Waals surface area contributed by atoms with Crippen molar-refractivity contribution in [3.63, 3.8) is 0 Å². The normalized spacial score (nSPS) is 14.5. The van der Waals surface area contributed by atoms with E-state index in [-0.39, 0.29) is 0 Å². The van der Waals surface area contributed by atoms with Crippen LogP contribution in [-0.4, -0.2) is 23.5 Å². The molecular weight excluding hydrogens is 228 g/mol. The number of anilines is 2. The monoisotopic (exact) mass is 248 g/mol. The molecule has 1 fully saturated rings. The smallest absolute Gasteiger partial charge is 0.251 e. The summed E-state index contributed by atoms with van der Waals surface area (Å²) in [6, 6.07) is 2.10. The van der Waals surface area contributed by atoms with Gasteiger partial charge in [-0.2, -0.15) is 0 Å². The fourth-order valence-electron chi connectivity index (χ4n) is 2.10. The van der Waals surface area contributed by atoms with Gasteiger partial charge in [0.15, 0.2) is 0 Å². The number of nitrogens with zero attached hydrogens (tertiary/aromatic N) is 2. The Morgan fingerprint density at radius 3 is 2.83 bits per heavy atom. The van der Waals surface area contributed by atoms with Crippen LogP contribution in [0.5, 0.6) is 0 Å². The van der Waals surface area contributed by atoms with Crippen LogP contribution in [0.25, 0.3) is 0 Å². The molecule has 98 valence electrons. The second-order valence-electron chi connectivity index (χ2n) is 4.77. The van der Waals surface area contributed by atoms with Gasteiger partial charge in [0.2, 0.25) is 0 Å². The molecule has 0 bridgehead atoms. The number of amides is 1. The molecule has 1 aromatic heterocycles. The third-order valence-electron chi connectivity index (χ3n) is 3.22. The summed E-state index contributed by atoms with van der Waals surface area (Å²) in [7, 11) is 0. The van der Waals surface area contributed by atoms with Crippen molar-refractivity contribution >= 4 is 17.4 Å². The Labute approximate surface area is 107 Å². The van der Waals surface area contributed by atoms with Crippen LogP contribution in [0.2, 0.25) is 0 Å². The Morgan fingerprint density at radius 2 is 2.28 bits per heavy atom. The Kier molecular flexibility index (Phi) is 3.69.